The number of primary amides is 1. The summed E-state index contributed by atoms with van der Waals surface area (Å²) in [6.07, 6.45) is 1.63. The van der Waals surface area contributed by atoms with Gasteiger partial charge in [-0.05, 0) is 45.4 Å². The number of piperidine rings is 1. The van der Waals surface area contributed by atoms with Crippen molar-refractivity contribution in [1.82, 2.24) is 20.0 Å². The number of nitrogens with two attached hydrogens (primary N) is 1. The first-order chi connectivity index (χ1) is 13.8. The van der Waals surface area contributed by atoms with Crippen molar-refractivity contribution in [3.05, 3.63) is 35.2 Å². The summed E-state index contributed by atoms with van der Waals surface area (Å²) in [5.74, 6) is 0.110. The first-order valence-corrected chi connectivity index (χ1v) is 10.1. The van der Waals surface area contributed by atoms with Gasteiger partial charge >= 0.3 is 0 Å². The second-order valence-electron chi connectivity index (χ2n) is 7.57. The average molecular weight is 420 g/mol. The summed E-state index contributed by atoms with van der Waals surface area (Å²) >= 11 is 6.19. The molecule has 0 bridgehead atoms. The van der Waals surface area contributed by atoms with Crippen molar-refractivity contribution in [3.63, 3.8) is 0 Å². The molecule has 0 spiro atoms. The summed E-state index contributed by atoms with van der Waals surface area (Å²) in [5, 5.41) is 8.66. The van der Waals surface area contributed by atoms with Gasteiger partial charge in [0.25, 0.3) is 0 Å². The van der Waals surface area contributed by atoms with Gasteiger partial charge in [-0.2, -0.15) is 0 Å². The van der Waals surface area contributed by atoms with E-state index in [4.69, 9.17) is 21.8 Å². The Kier molecular flexibility index (Phi) is 6.87. The summed E-state index contributed by atoms with van der Waals surface area (Å²) in [4.78, 5) is 28.1. The Morgan fingerprint density at radius 3 is 2.79 bits per heavy atom. The fourth-order valence-corrected chi connectivity index (χ4v) is 3.70. The molecule has 1 aromatic carbocycles. The third-order valence-electron chi connectivity index (χ3n) is 5.09. The fourth-order valence-electron chi connectivity index (χ4n) is 3.48. The first kappa shape index (κ1) is 21.3. The molecule has 1 aromatic heterocycles. The highest BCUT2D eigenvalue weighted by molar-refractivity contribution is 6.33. The van der Waals surface area contributed by atoms with Crippen LogP contribution in [0.3, 0.4) is 0 Å². The minimum absolute atomic E-state index is 0.0464. The highest BCUT2D eigenvalue weighted by atomic mass is 35.5. The molecule has 1 aliphatic heterocycles. The van der Waals surface area contributed by atoms with Gasteiger partial charge in [0, 0.05) is 12.6 Å². The summed E-state index contributed by atoms with van der Waals surface area (Å²) in [6.45, 7) is 5.61. The zero-order valence-corrected chi connectivity index (χ0v) is 17.4. The average Bonchev–Trinajstić information content (AvgIpc) is 3.14. The number of carbonyl (C=O) groups is 2. The van der Waals surface area contributed by atoms with Crippen LogP contribution in [-0.4, -0.2) is 57.5 Å². The van der Waals surface area contributed by atoms with E-state index in [-0.39, 0.29) is 36.9 Å². The van der Waals surface area contributed by atoms with Crippen LogP contribution < -0.4 is 5.73 Å². The second-order valence-corrected chi connectivity index (χ2v) is 7.98. The maximum atomic E-state index is 12.9. The molecule has 1 atom stereocenters. The molecule has 2 amide bonds. The van der Waals surface area contributed by atoms with E-state index in [1.165, 1.54) is 0 Å². The molecule has 0 unspecified atom stereocenters. The van der Waals surface area contributed by atoms with Gasteiger partial charge in [-0.25, -0.2) is 0 Å². The largest absolute Gasteiger partial charge is 0.419 e. The van der Waals surface area contributed by atoms with Crippen LogP contribution in [0.25, 0.3) is 11.5 Å². The Hall–Kier alpha value is -2.45. The lowest BCUT2D eigenvalue weighted by Gasteiger charge is -2.33. The number of hydrogen-bond donors (Lipinski definition) is 1. The molecule has 1 saturated heterocycles. The van der Waals surface area contributed by atoms with Crippen molar-refractivity contribution in [2.45, 2.75) is 39.3 Å². The molecule has 156 valence electrons. The van der Waals surface area contributed by atoms with E-state index >= 15 is 0 Å². The van der Waals surface area contributed by atoms with E-state index in [0.717, 1.165) is 19.4 Å². The van der Waals surface area contributed by atoms with Crippen molar-refractivity contribution in [2.24, 2.45) is 11.7 Å². The molecule has 0 radical (unpaired) electrons. The lowest BCUT2D eigenvalue weighted by Crippen LogP contribution is -2.47. The molecular weight excluding hydrogens is 394 g/mol. The van der Waals surface area contributed by atoms with Crippen molar-refractivity contribution in [1.29, 1.82) is 0 Å². The molecular formula is C20H26ClN5O3. The van der Waals surface area contributed by atoms with Crippen LogP contribution in [0, 0.1) is 5.92 Å². The number of carbonyl (C=O) groups excluding carboxylic acids is 2. The Bertz CT molecular complexity index is 869. The predicted octanol–water partition coefficient (Wildman–Crippen LogP) is 2.32. The molecule has 9 heteroatoms. The number of aromatic nitrogens is 2. The van der Waals surface area contributed by atoms with Gasteiger partial charge in [0.05, 0.1) is 29.6 Å². The monoisotopic (exact) mass is 419 g/mol. The van der Waals surface area contributed by atoms with Gasteiger partial charge in [-0.15, -0.1) is 10.2 Å². The zero-order valence-electron chi connectivity index (χ0n) is 16.7. The quantitative estimate of drug-likeness (QED) is 0.738. The Morgan fingerprint density at radius 1 is 1.34 bits per heavy atom. The number of hydrogen-bond acceptors (Lipinski definition) is 6. The SMILES string of the molecule is CC(C)N(Cc1nnc(-c2ccccc2Cl)o1)C(=O)CN1CCC[C@H](C(N)=O)C1. The zero-order chi connectivity index (χ0) is 21.0. The van der Waals surface area contributed by atoms with Gasteiger partial charge in [-0.3, -0.25) is 14.5 Å². The van der Waals surface area contributed by atoms with Crippen LogP contribution in [0.1, 0.15) is 32.6 Å². The van der Waals surface area contributed by atoms with E-state index in [0.29, 0.717) is 28.9 Å². The normalized spacial score (nSPS) is 17.4. The molecule has 3 rings (SSSR count). The number of benzene rings is 1. The number of amides is 2. The van der Waals surface area contributed by atoms with E-state index in [1.54, 1.807) is 17.0 Å². The molecule has 2 aromatic rings. The van der Waals surface area contributed by atoms with E-state index in [1.807, 2.05) is 30.9 Å². The van der Waals surface area contributed by atoms with Gasteiger partial charge in [0.1, 0.15) is 0 Å². The van der Waals surface area contributed by atoms with Crippen molar-refractivity contribution in [3.8, 4) is 11.5 Å². The highest BCUT2D eigenvalue weighted by Gasteiger charge is 2.28. The van der Waals surface area contributed by atoms with E-state index in [9.17, 15) is 9.59 Å². The van der Waals surface area contributed by atoms with Gasteiger partial charge in [0.15, 0.2) is 0 Å². The number of likely N-dealkylation sites (tertiary alicyclic amines) is 1. The first-order valence-electron chi connectivity index (χ1n) is 9.73. The van der Waals surface area contributed by atoms with Crippen LogP contribution in [0.4, 0.5) is 0 Å². The summed E-state index contributed by atoms with van der Waals surface area (Å²) < 4.78 is 5.74. The van der Waals surface area contributed by atoms with Crippen LogP contribution in [0.15, 0.2) is 28.7 Å². The fraction of sp³-hybridized carbons (Fsp3) is 0.500. The highest BCUT2D eigenvalue weighted by Crippen LogP contribution is 2.26. The molecule has 2 heterocycles. The van der Waals surface area contributed by atoms with Gasteiger partial charge in [0.2, 0.25) is 23.6 Å². The van der Waals surface area contributed by atoms with Gasteiger partial charge in [-0.1, -0.05) is 23.7 Å². The Morgan fingerprint density at radius 2 is 2.10 bits per heavy atom. The smallest absolute Gasteiger partial charge is 0.249 e. The van der Waals surface area contributed by atoms with E-state index in [2.05, 4.69) is 10.2 Å². The van der Waals surface area contributed by atoms with Crippen molar-refractivity contribution in [2.75, 3.05) is 19.6 Å². The maximum absolute atomic E-state index is 12.9. The minimum Gasteiger partial charge on any atom is -0.419 e. The Labute approximate surface area is 175 Å². The molecule has 1 fully saturated rings. The summed E-state index contributed by atoms with van der Waals surface area (Å²) in [6, 6.07) is 7.17. The topological polar surface area (TPSA) is 106 Å². The van der Waals surface area contributed by atoms with Crippen LogP contribution in [-0.2, 0) is 16.1 Å². The van der Waals surface area contributed by atoms with Crippen LogP contribution in [0.5, 0.6) is 0 Å². The molecule has 1 aliphatic rings. The lowest BCUT2D eigenvalue weighted by atomic mass is 9.97. The summed E-state index contributed by atoms with van der Waals surface area (Å²) in [5.41, 5.74) is 6.09. The summed E-state index contributed by atoms with van der Waals surface area (Å²) in [7, 11) is 0. The predicted molar refractivity (Wildman–Crippen MR) is 109 cm³/mol. The molecule has 0 saturated carbocycles. The molecule has 29 heavy (non-hydrogen) atoms. The van der Waals surface area contributed by atoms with E-state index < -0.39 is 0 Å². The van der Waals surface area contributed by atoms with Gasteiger partial charge < -0.3 is 15.1 Å². The minimum atomic E-state index is -0.305. The molecule has 0 aliphatic carbocycles. The Balaban J connectivity index is 1.67. The van der Waals surface area contributed by atoms with Crippen LogP contribution >= 0.6 is 11.6 Å². The maximum Gasteiger partial charge on any atom is 0.249 e. The lowest BCUT2D eigenvalue weighted by molar-refractivity contribution is -0.136. The molecule has 8 nitrogen and oxygen atoms in total. The van der Waals surface area contributed by atoms with Crippen LogP contribution in [0.2, 0.25) is 5.02 Å². The van der Waals surface area contributed by atoms with Crippen molar-refractivity contribution >= 4 is 23.4 Å². The second kappa shape index (κ2) is 9.37. The van der Waals surface area contributed by atoms with Crippen molar-refractivity contribution < 1.29 is 14.0 Å². The molecule has 2 N–H and O–H groups in total. The number of rotatable bonds is 7. The third-order valence-corrected chi connectivity index (χ3v) is 5.42. The standard InChI is InChI=1S/C20H26ClN5O3/c1-13(2)26(18(27)12-25-9-5-6-14(10-25)19(22)28)11-17-23-24-20(29-17)15-7-3-4-8-16(15)21/h3-4,7-8,13-14H,5-6,9-12H2,1-2H3,(H2,22,28)/t14-/m0/s1. The third kappa shape index (κ3) is 5.33. The number of nitrogens with zero attached hydrogens (tertiary/aromatic N) is 4. The number of halogens is 1.